The Hall–Kier alpha value is -0.350. The molecule has 3 saturated heterocycles. The summed E-state index contributed by atoms with van der Waals surface area (Å²) in [5, 5.41) is 100. The standard InChI is InChI=1S/C20H35ClO16/c21-1-2-32-18-15(29)13(27)10(24)7(36-18)4-34-20-17(31)14(28)11(25)8(37-20)5-33-19-16(30)12(26)9(23)6(3-22)35-19/h6-20,22-31H,1-5H2/t6-,7-,8-,9-,10-,11-,12+,13+,14+,15-,16-,17-,18+,19-,20-/m1/s1. The maximum Gasteiger partial charge on any atom is 0.186 e. The summed E-state index contributed by atoms with van der Waals surface area (Å²) in [6, 6.07) is 0. The van der Waals surface area contributed by atoms with E-state index < -0.39 is 112 Å². The summed E-state index contributed by atoms with van der Waals surface area (Å²) in [6.45, 7) is -1.79. The number of rotatable bonds is 10. The molecule has 0 amide bonds. The lowest BCUT2D eigenvalue weighted by atomic mass is 9.98. The van der Waals surface area contributed by atoms with E-state index in [9.17, 15) is 51.1 Å². The molecule has 3 fully saturated rings. The van der Waals surface area contributed by atoms with Gasteiger partial charge in [-0.1, -0.05) is 0 Å². The predicted octanol–water partition coefficient (Wildman–Crippen LogP) is -6.31. The smallest absolute Gasteiger partial charge is 0.186 e. The zero-order valence-electron chi connectivity index (χ0n) is 19.5. The zero-order valence-corrected chi connectivity index (χ0v) is 20.3. The van der Waals surface area contributed by atoms with Crippen LogP contribution in [0.25, 0.3) is 0 Å². The summed E-state index contributed by atoms with van der Waals surface area (Å²) in [6.07, 6.45) is -23.5. The van der Waals surface area contributed by atoms with Crippen molar-refractivity contribution in [3.63, 3.8) is 0 Å². The first-order valence-corrected chi connectivity index (χ1v) is 12.2. The van der Waals surface area contributed by atoms with E-state index in [4.69, 9.17) is 40.0 Å². The molecule has 0 bridgehead atoms. The van der Waals surface area contributed by atoms with E-state index in [0.717, 1.165) is 0 Å². The fourth-order valence-electron chi connectivity index (χ4n) is 4.13. The van der Waals surface area contributed by atoms with E-state index in [0.29, 0.717) is 0 Å². The van der Waals surface area contributed by atoms with E-state index in [2.05, 4.69) is 0 Å². The van der Waals surface area contributed by atoms with Gasteiger partial charge in [-0.2, -0.15) is 0 Å². The third-order valence-electron chi connectivity index (χ3n) is 6.39. The van der Waals surface area contributed by atoms with Gasteiger partial charge < -0.3 is 79.5 Å². The first-order chi connectivity index (χ1) is 17.5. The molecule has 16 nitrogen and oxygen atoms in total. The highest BCUT2D eigenvalue weighted by Crippen LogP contribution is 2.28. The van der Waals surface area contributed by atoms with Gasteiger partial charge in [-0.25, -0.2) is 0 Å². The van der Waals surface area contributed by atoms with Crippen molar-refractivity contribution in [1.82, 2.24) is 0 Å². The van der Waals surface area contributed by atoms with E-state index in [-0.39, 0.29) is 12.5 Å². The molecule has 17 heteroatoms. The third-order valence-corrected chi connectivity index (χ3v) is 6.55. The maximum absolute atomic E-state index is 10.3. The summed E-state index contributed by atoms with van der Waals surface area (Å²) in [7, 11) is 0. The van der Waals surface area contributed by atoms with Crippen LogP contribution in [0.1, 0.15) is 0 Å². The van der Waals surface area contributed by atoms with Crippen molar-refractivity contribution in [3.05, 3.63) is 0 Å². The molecule has 3 rings (SSSR count). The van der Waals surface area contributed by atoms with Crippen LogP contribution in [0.4, 0.5) is 0 Å². The maximum atomic E-state index is 10.3. The molecule has 3 heterocycles. The summed E-state index contributed by atoms with van der Waals surface area (Å²) >= 11 is 5.55. The van der Waals surface area contributed by atoms with Crippen molar-refractivity contribution in [2.45, 2.75) is 92.1 Å². The SMILES string of the molecule is OC[C@H]1O[C@@H](OC[C@H]2O[C@@H](OC[C@H]3O[C@H](OCCCl)[C@H](O)[C@@H](O)[C@@H]3O)[C@H](O)[C@@H](O)[C@@H]2O)[C@H](O)[C@@H](O)[C@@H]1O. The van der Waals surface area contributed by atoms with Crippen molar-refractivity contribution in [2.75, 3.05) is 32.3 Å². The predicted molar refractivity (Wildman–Crippen MR) is 116 cm³/mol. The minimum absolute atomic E-state index is 0.0235. The second kappa shape index (κ2) is 13.8. The van der Waals surface area contributed by atoms with Gasteiger partial charge in [0.15, 0.2) is 18.9 Å². The normalized spacial score (nSPS) is 49.2. The molecule has 15 atom stereocenters. The molecule has 218 valence electrons. The lowest BCUT2D eigenvalue weighted by Crippen LogP contribution is -2.62. The van der Waals surface area contributed by atoms with Gasteiger partial charge >= 0.3 is 0 Å². The molecule has 0 aromatic heterocycles. The van der Waals surface area contributed by atoms with Crippen LogP contribution in [0.2, 0.25) is 0 Å². The Morgan fingerprint density at radius 3 is 1.22 bits per heavy atom. The highest BCUT2D eigenvalue weighted by molar-refractivity contribution is 6.17. The Morgan fingerprint density at radius 2 is 0.838 bits per heavy atom. The van der Waals surface area contributed by atoms with Crippen molar-refractivity contribution < 1.29 is 79.5 Å². The average molecular weight is 567 g/mol. The molecule has 0 radical (unpaired) electrons. The van der Waals surface area contributed by atoms with Gasteiger partial charge in [0.1, 0.15) is 73.2 Å². The molecule has 37 heavy (non-hydrogen) atoms. The highest BCUT2D eigenvalue weighted by atomic mass is 35.5. The molecule has 3 aliphatic heterocycles. The molecule has 0 unspecified atom stereocenters. The van der Waals surface area contributed by atoms with Crippen LogP contribution in [-0.2, 0) is 28.4 Å². The van der Waals surface area contributed by atoms with Crippen molar-refractivity contribution in [1.29, 1.82) is 0 Å². The quantitative estimate of drug-likeness (QED) is 0.110. The number of ether oxygens (including phenoxy) is 6. The summed E-state index contributed by atoms with van der Waals surface area (Å²) in [5.41, 5.74) is 0. The first-order valence-electron chi connectivity index (χ1n) is 11.6. The molecular formula is C20H35ClO16. The molecule has 10 N–H and O–H groups in total. The van der Waals surface area contributed by atoms with Gasteiger partial charge in [-0.3, -0.25) is 0 Å². The number of aliphatic hydroxyl groups excluding tert-OH is 10. The number of halogens is 1. The number of hydrogen-bond donors (Lipinski definition) is 10. The van der Waals surface area contributed by atoms with E-state index in [1.54, 1.807) is 0 Å². The second-order valence-corrected chi connectivity index (χ2v) is 9.33. The zero-order chi connectivity index (χ0) is 27.4. The fraction of sp³-hybridized carbons (Fsp3) is 1.00. The largest absolute Gasteiger partial charge is 0.394 e. The van der Waals surface area contributed by atoms with Gasteiger partial charge in [0.05, 0.1) is 26.4 Å². The summed E-state index contributed by atoms with van der Waals surface area (Å²) in [5.74, 6) is 0.0707. The van der Waals surface area contributed by atoms with Gasteiger partial charge in [-0.15, -0.1) is 11.6 Å². The van der Waals surface area contributed by atoms with Crippen LogP contribution in [0, 0.1) is 0 Å². The topological polar surface area (TPSA) is 258 Å². The third kappa shape index (κ3) is 7.05. The minimum atomic E-state index is -1.79. The monoisotopic (exact) mass is 566 g/mol. The molecule has 0 saturated carbocycles. The van der Waals surface area contributed by atoms with Crippen LogP contribution >= 0.6 is 11.6 Å². The van der Waals surface area contributed by atoms with E-state index in [1.165, 1.54) is 0 Å². The minimum Gasteiger partial charge on any atom is -0.394 e. The Kier molecular flexibility index (Phi) is 11.6. The first kappa shape index (κ1) is 31.2. The Morgan fingerprint density at radius 1 is 0.486 bits per heavy atom. The average Bonchev–Trinajstić information content (AvgIpc) is 2.89. The highest BCUT2D eigenvalue weighted by Gasteiger charge is 2.49. The van der Waals surface area contributed by atoms with Crippen LogP contribution < -0.4 is 0 Å². The molecule has 0 aromatic carbocycles. The number of alkyl halides is 1. The molecule has 0 aliphatic carbocycles. The van der Waals surface area contributed by atoms with Gasteiger partial charge in [0.2, 0.25) is 0 Å². The number of hydrogen-bond acceptors (Lipinski definition) is 16. The Balaban J connectivity index is 1.59. The van der Waals surface area contributed by atoms with Crippen LogP contribution in [-0.4, -0.2) is 175 Å². The number of aliphatic hydroxyl groups is 10. The van der Waals surface area contributed by atoms with Crippen LogP contribution in [0.5, 0.6) is 0 Å². The summed E-state index contributed by atoms with van der Waals surface area (Å²) < 4.78 is 32.1. The lowest BCUT2D eigenvalue weighted by molar-refractivity contribution is -0.342. The van der Waals surface area contributed by atoms with E-state index in [1.807, 2.05) is 0 Å². The van der Waals surface area contributed by atoms with Gasteiger partial charge in [-0.05, 0) is 0 Å². The van der Waals surface area contributed by atoms with Crippen molar-refractivity contribution in [2.24, 2.45) is 0 Å². The van der Waals surface area contributed by atoms with Crippen molar-refractivity contribution in [3.8, 4) is 0 Å². The Labute approximate surface area is 216 Å². The molecule has 0 aromatic rings. The Bertz CT molecular complexity index is 691. The van der Waals surface area contributed by atoms with Crippen molar-refractivity contribution >= 4 is 11.6 Å². The molecule has 0 spiro atoms. The lowest BCUT2D eigenvalue weighted by Gasteiger charge is -2.43. The molecular weight excluding hydrogens is 532 g/mol. The van der Waals surface area contributed by atoms with E-state index >= 15 is 0 Å². The second-order valence-electron chi connectivity index (χ2n) is 8.95. The van der Waals surface area contributed by atoms with Gasteiger partial charge in [0.25, 0.3) is 0 Å². The summed E-state index contributed by atoms with van der Waals surface area (Å²) in [4.78, 5) is 0. The van der Waals surface area contributed by atoms with Crippen LogP contribution in [0.15, 0.2) is 0 Å². The van der Waals surface area contributed by atoms with Crippen LogP contribution in [0.3, 0.4) is 0 Å². The van der Waals surface area contributed by atoms with Gasteiger partial charge in [0, 0.05) is 5.88 Å². The fourth-order valence-corrected chi connectivity index (χ4v) is 4.22. The molecule has 3 aliphatic rings.